The maximum Gasteiger partial charge on any atom is 0.410 e. The van der Waals surface area contributed by atoms with Gasteiger partial charge in [0, 0.05) is 19.1 Å². The number of piperidine rings is 1. The highest BCUT2D eigenvalue weighted by molar-refractivity contribution is 5.68. The van der Waals surface area contributed by atoms with Crippen molar-refractivity contribution in [2.45, 2.75) is 58.1 Å². The van der Waals surface area contributed by atoms with Crippen LogP contribution in [0.3, 0.4) is 0 Å². The Morgan fingerprint density at radius 1 is 1.03 bits per heavy atom. The van der Waals surface area contributed by atoms with Gasteiger partial charge in [0.05, 0.1) is 19.3 Å². The molecular formula is C24H32N2O3. The maximum atomic E-state index is 12.5. The Labute approximate surface area is 174 Å². The molecule has 0 radical (unpaired) electrons. The van der Waals surface area contributed by atoms with E-state index in [2.05, 4.69) is 29.6 Å². The number of amides is 1. The second-order valence-electron chi connectivity index (χ2n) is 8.52. The van der Waals surface area contributed by atoms with E-state index in [1.165, 1.54) is 5.56 Å². The number of nitrogens with one attached hydrogen (secondary N) is 1. The van der Waals surface area contributed by atoms with Crippen molar-refractivity contribution in [2.75, 3.05) is 13.1 Å². The third kappa shape index (κ3) is 6.87. The molecule has 0 spiro atoms. The van der Waals surface area contributed by atoms with Crippen LogP contribution in [0.1, 0.15) is 38.3 Å². The number of benzene rings is 2. The number of carbonyl (C=O) groups excluding carboxylic acids is 1. The zero-order chi connectivity index (χ0) is 20.7. The molecule has 3 rings (SSSR count). The van der Waals surface area contributed by atoms with E-state index in [1.807, 2.05) is 57.2 Å². The predicted octanol–water partition coefficient (Wildman–Crippen LogP) is 4.37. The van der Waals surface area contributed by atoms with Crippen LogP contribution in [0.25, 0.3) is 0 Å². The van der Waals surface area contributed by atoms with Crippen LogP contribution in [0.15, 0.2) is 60.7 Å². The first-order valence-electron chi connectivity index (χ1n) is 10.3. The molecule has 1 aliphatic heterocycles. The second-order valence-corrected chi connectivity index (χ2v) is 8.52. The molecule has 2 aromatic rings. The molecule has 5 heteroatoms. The Balaban J connectivity index is 1.63. The van der Waals surface area contributed by atoms with Gasteiger partial charge in [-0.1, -0.05) is 60.7 Å². The van der Waals surface area contributed by atoms with Crippen LogP contribution in [-0.2, 0) is 22.6 Å². The highest BCUT2D eigenvalue weighted by Crippen LogP contribution is 2.19. The van der Waals surface area contributed by atoms with Gasteiger partial charge in [-0.15, -0.1) is 0 Å². The molecule has 1 saturated heterocycles. The SMILES string of the molecule is CC(C)(C)OC(=O)N1CC[C@@H](NCc2ccccc2)[C@@H](OCc2ccccc2)C1. The third-order valence-corrected chi connectivity index (χ3v) is 4.93. The van der Waals surface area contributed by atoms with Crippen LogP contribution in [0, 0.1) is 0 Å². The summed E-state index contributed by atoms with van der Waals surface area (Å²) < 4.78 is 11.8. The number of hydrogen-bond donors (Lipinski definition) is 1. The van der Waals surface area contributed by atoms with Gasteiger partial charge in [0.1, 0.15) is 5.60 Å². The molecule has 1 N–H and O–H groups in total. The topological polar surface area (TPSA) is 50.8 Å². The zero-order valence-electron chi connectivity index (χ0n) is 17.6. The minimum absolute atomic E-state index is 0.0970. The van der Waals surface area contributed by atoms with Gasteiger partial charge in [-0.2, -0.15) is 0 Å². The average molecular weight is 397 g/mol. The molecule has 29 heavy (non-hydrogen) atoms. The summed E-state index contributed by atoms with van der Waals surface area (Å²) in [6.45, 7) is 8.16. The van der Waals surface area contributed by atoms with Crippen LogP contribution >= 0.6 is 0 Å². The monoisotopic (exact) mass is 396 g/mol. The van der Waals surface area contributed by atoms with Gasteiger partial charge in [-0.3, -0.25) is 0 Å². The predicted molar refractivity (Wildman–Crippen MR) is 115 cm³/mol. The molecule has 156 valence electrons. The van der Waals surface area contributed by atoms with E-state index in [4.69, 9.17) is 9.47 Å². The first-order chi connectivity index (χ1) is 13.9. The lowest BCUT2D eigenvalue weighted by Crippen LogP contribution is -2.55. The summed E-state index contributed by atoms with van der Waals surface area (Å²) in [6, 6.07) is 20.7. The normalized spacial score (nSPS) is 19.8. The minimum Gasteiger partial charge on any atom is -0.444 e. The number of nitrogens with zero attached hydrogens (tertiary/aromatic N) is 1. The number of carbonyl (C=O) groups is 1. The van der Waals surface area contributed by atoms with Crippen LogP contribution in [0.2, 0.25) is 0 Å². The third-order valence-electron chi connectivity index (χ3n) is 4.93. The first-order valence-corrected chi connectivity index (χ1v) is 10.3. The quantitative estimate of drug-likeness (QED) is 0.788. The molecule has 0 saturated carbocycles. The number of hydrogen-bond acceptors (Lipinski definition) is 4. The standard InChI is InChI=1S/C24H32N2O3/c1-24(2,3)29-23(27)26-15-14-21(25-16-19-10-6-4-7-11-19)22(17-26)28-18-20-12-8-5-9-13-20/h4-13,21-22,25H,14-18H2,1-3H3/t21-,22+/m1/s1. The van der Waals surface area contributed by atoms with Gasteiger partial charge in [-0.25, -0.2) is 4.79 Å². The minimum atomic E-state index is -0.500. The van der Waals surface area contributed by atoms with Gasteiger partial charge in [-0.05, 0) is 38.3 Å². The second kappa shape index (κ2) is 9.90. The van der Waals surface area contributed by atoms with E-state index in [1.54, 1.807) is 4.90 Å². The number of likely N-dealkylation sites (tertiary alicyclic amines) is 1. The Bertz CT molecular complexity index is 759. The van der Waals surface area contributed by atoms with Crippen LogP contribution in [0.5, 0.6) is 0 Å². The van der Waals surface area contributed by atoms with Crippen molar-refractivity contribution in [1.82, 2.24) is 10.2 Å². The fourth-order valence-electron chi connectivity index (χ4n) is 3.43. The molecule has 1 aliphatic rings. The molecule has 1 heterocycles. The van der Waals surface area contributed by atoms with E-state index in [-0.39, 0.29) is 18.2 Å². The smallest absolute Gasteiger partial charge is 0.410 e. The van der Waals surface area contributed by atoms with Crippen LogP contribution < -0.4 is 5.32 Å². The Morgan fingerprint density at radius 3 is 2.28 bits per heavy atom. The lowest BCUT2D eigenvalue weighted by atomic mass is 10.0. The fourth-order valence-corrected chi connectivity index (χ4v) is 3.43. The zero-order valence-corrected chi connectivity index (χ0v) is 17.6. The molecule has 0 bridgehead atoms. The van der Waals surface area contributed by atoms with E-state index < -0.39 is 5.60 Å². The van der Waals surface area contributed by atoms with Gasteiger partial charge in [0.2, 0.25) is 0 Å². The summed E-state index contributed by atoms with van der Waals surface area (Å²) in [5, 5.41) is 3.63. The highest BCUT2D eigenvalue weighted by Gasteiger charge is 2.34. The largest absolute Gasteiger partial charge is 0.444 e. The maximum absolute atomic E-state index is 12.5. The summed E-state index contributed by atoms with van der Waals surface area (Å²) in [5.74, 6) is 0. The molecular weight excluding hydrogens is 364 g/mol. The van der Waals surface area contributed by atoms with E-state index in [9.17, 15) is 4.79 Å². The molecule has 0 aliphatic carbocycles. The molecule has 2 aromatic carbocycles. The number of rotatable bonds is 6. The Kier molecular flexibility index (Phi) is 7.29. The lowest BCUT2D eigenvalue weighted by Gasteiger charge is -2.39. The Morgan fingerprint density at radius 2 is 1.66 bits per heavy atom. The van der Waals surface area contributed by atoms with Gasteiger partial charge >= 0.3 is 6.09 Å². The van der Waals surface area contributed by atoms with Crippen molar-refractivity contribution in [3.63, 3.8) is 0 Å². The first kappa shape index (κ1) is 21.3. The summed E-state index contributed by atoms with van der Waals surface area (Å²) in [4.78, 5) is 14.3. The molecule has 1 fully saturated rings. The van der Waals surface area contributed by atoms with Crippen LogP contribution in [0.4, 0.5) is 4.79 Å². The van der Waals surface area contributed by atoms with Gasteiger partial charge < -0.3 is 19.7 Å². The molecule has 2 atom stereocenters. The molecule has 5 nitrogen and oxygen atoms in total. The molecule has 0 aromatic heterocycles. The highest BCUT2D eigenvalue weighted by atomic mass is 16.6. The van der Waals surface area contributed by atoms with Crippen molar-refractivity contribution in [1.29, 1.82) is 0 Å². The van der Waals surface area contributed by atoms with E-state index in [0.717, 1.165) is 18.5 Å². The van der Waals surface area contributed by atoms with Crippen molar-refractivity contribution in [3.8, 4) is 0 Å². The fraction of sp³-hybridized carbons (Fsp3) is 0.458. The number of ether oxygens (including phenoxy) is 2. The summed E-state index contributed by atoms with van der Waals surface area (Å²) >= 11 is 0. The lowest BCUT2D eigenvalue weighted by molar-refractivity contribution is -0.0411. The summed E-state index contributed by atoms with van der Waals surface area (Å²) in [6.07, 6.45) is 0.457. The van der Waals surface area contributed by atoms with E-state index in [0.29, 0.717) is 19.7 Å². The van der Waals surface area contributed by atoms with Gasteiger partial charge in [0.15, 0.2) is 0 Å². The summed E-state index contributed by atoms with van der Waals surface area (Å²) in [5.41, 5.74) is 1.87. The molecule has 0 unspecified atom stereocenters. The van der Waals surface area contributed by atoms with Crippen molar-refractivity contribution in [3.05, 3.63) is 71.8 Å². The van der Waals surface area contributed by atoms with Crippen molar-refractivity contribution >= 4 is 6.09 Å². The summed E-state index contributed by atoms with van der Waals surface area (Å²) in [7, 11) is 0. The van der Waals surface area contributed by atoms with E-state index >= 15 is 0 Å². The Hall–Kier alpha value is -2.37. The average Bonchev–Trinajstić information content (AvgIpc) is 2.71. The van der Waals surface area contributed by atoms with Gasteiger partial charge in [0.25, 0.3) is 0 Å². The van der Waals surface area contributed by atoms with Crippen LogP contribution in [-0.4, -0.2) is 41.8 Å². The molecule has 1 amide bonds. The van der Waals surface area contributed by atoms with Crippen molar-refractivity contribution in [2.24, 2.45) is 0 Å². The van der Waals surface area contributed by atoms with Crippen molar-refractivity contribution < 1.29 is 14.3 Å².